The molecule has 2 aromatic rings. The number of hydrogen-bond acceptors (Lipinski definition) is 5. The molecule has 0 aliphatic carbocycles. The van der Waals surface area contributed by atoms with E-state index in [0.717, 1.165) is 22.7 Å². The van der Waals surface area contributed by atoms with E-state index in [9.17, 15) is 26.4 Å². The molecule has 0 aliphatic heterocycles. The summed E-state index contributed by atoms with van der Waals surface area (Å²) in [5.74, 6) is -0.395. The number of hydrogen-bond donors (Lipinski definition) is 1. The lowest BCUT2D eigenvalue weighted by atomic mass is 10.2. The average molecular weight is 467 g/mol. The van der Waals surface area contributed by atoms with Gasteiger partial charge in [0.2, 0.25) is 15.9 Å². The van der Waals surface area contributed by atoms with Gasteiger partial charge in [0.15, 0.2) is 0 Å². The van der Waals surface area contributed by atoms with E-state index < -0.39 is 34.2 Å². The Morgan fingerprint density at radius 2 is 1.80 bits per heavy atom. The van der Waals surface area contributed by atoms with Crippen molar-refractivity contribution in [1.29, 1.82) is 0 Å². The summed E-state index contributed by atoms with van der Waals surface area (Å²) in [5.41, 5.74) is -1.27. The molecule has 0 radical (unpaired) electrons. The summed E-state index contributed by atoms with van der Waals surface area (Å²) in [4.78, 5) is 12.5. The lowest BCUT2D eigenvalue weighted by molar-refractivity contribution is -0.137. The molecule has 1 amide bonds. The van der Waals surface area contributed by atoms with Crippen molar-refractivity contribution in [3.05, 3.63) is 47.0 Å². The number of ether oxygens (including phenoxy) is 2. The zero-order chi connectivity index (χ0) is 22.7. The highest BCUT2D eigenvalue weighted by atomic mass is 35.5. The van der Waals surface area contributed by atoms with E-state index >= 15 is 0 Å². The predicted octanol–water partition coefficient (Wildman–Crippen LogP) is 3.78. The first-order valence-corrected chi connectivity index (χ1v) is 10.5. The molecule has 164 valence electrons. The van der Waals surface area contributed by atoms with Gasteiger partial charge in [-0.05, 0) is 30.3 Å². The molecule has 0 aromatic heterocycles. The van der Waals surface area contributed by atoms with Crippen molar-refractivity contribution >= 4 is 38.9 Å². The lowest BCUT2D eigenvalue weighted by Gasteiger charge is -2.24. The van der Waals surface area contributed by atoms with Crippen molar-refractivity contribution in [3.63, 3.8) is 0 Å². The maximum Gasteiger partial charge on any atom is 0.416 e. The molecule has 0 heterocycles. The third-order valence-electron chi connectivity index (χ3n) is 3.91. The van der Waals surface area contributed by atoms with Crippen LogP contribution in [0.15, 0.2) is 36.4 Å². The normalized spacial score (nSPS) is 11.7. The molecular weight excluding hydrogens is 449 g/mol. The Hall–Kier alpha value is -2.66. The number of nitrogens with one attached hydrogen (secondary N) is 1. The quantitative estimate of drug-likeness (QED) is 0.671. The number of benzene rings is 2. The van der Waals surface area contributed by atoms with Gasteiger partial charge in [0, 0.05) is 6.07 Å². The molecule has 2 rings (SSSR count). The van der Waals surface area contributed by atoms with Crippen molar-refractivity contribution in [1.82, 2.24) is 0 Å². The van der Waals surface area contributed by atoms with Crippen LogP contribution in [-0.2, 0) is 21.0 Å². The third kappa shape index (κ3) is 5.70. The summed E-state index contributed by atoms with van der Waals surface area (Å²) in [6.07, 6.45) is -3.76. The van der Waals surface area contributed by atoms with E-state index in [1.54, 1.807) is 0 Å². The molecule has 0 atom stereocenters. The molecule has 7 nitrogen and oxygen atoms in total. The first-order chi connectivity index (χ1) is 13.9. The number of halogens is 4. The highest BCUT2D eigenvalue weighted by Gasteiger charge is 2.31. The molecule has 0 saturated heterocycles. The number of carbonyl (C=O) groups is 1. The maximum atomic E-state index is 12.9. The zero-order valence-corrected chi connectivity index (χ0v) is 17.7. The van der Waals surface area contributed by atoms with E-state index in [1.165, 1.54) is 32.4 Å². The summed E-state index contributed by atoms with van der Waals surface area (Å²) in [5, 5.41) is 2.08. The van der Waals surface area contributed by atoms with Crippen LogP contribution in [0, 0.1) is 0 Å². The number of nitrogens with zero attached hydrogens (tertiary/aromatic N) is 1. The summed E-state index contributed by atoms with van der Waals surface area (Å²) in [7, 11) is -1.24. The van der Waals surface area contributed by atoms with Gasteiger partial charge in [-0.3, -0.25) is 9.10 Å². The molecule has 0 fully saturated rings. The van der Waals surface area contributed by atoms with Crippen LogP contribution in [0.1, 0.15) is 5.56 Å². The number of sulfonamides is 1. The van der Waals surface area contributed by atoms with Crippen LogP contribution in [0.4, 0.5) is 24.5 Å². The Kier molecular flexibility index (Phi) is 7.09. The molecule has 0 spiro atoms. The van der Waals surface area contributed by atoms with Crippen molar-refractivity contribution in [2.45, 2.75) is 6.18 Å². The van der Waals surface area contributed by atoms with E-state index in [1.807, 2.05) is 0 Å². The summed E-state index contributed by atoms with van der Waals surface area (Å²) in [6, 6.07) is 6.69. The van der Waals surface area contributed by atoms with Gasteiger partial charge in [-0.15, -0.1) is 0 Å². The maximum absolute atomic E-state index is 12.9. The number of alkyl halides is 3. The predicted molar refractivity (Wildman–Crippen MR) is 107 cm³/mol. The number of rotatable bonds is 7. The van der Waals surface area contributed by atoms with Crippen LogP contribution < -0.4 is 19.1 Å². The fourth-order valence-electron chi connectivity index (χ4n) is 2.49. The fourth-order valence-corrected chi connectivity index (χ4v) is 3.51. The Bertz CT molecular complexity index is 1040. The number of amides is 1. The second kappa shape index (κ2) is 9.00. The molecule has 0 bridgehead atoms. The minimum Gasteiger partial charge on any atom is -0.497 e. The third-order valence-corrected chi connectivity index (χ3v) is 5.37. The highest BCUT2D eigenvalue weighted by Crippen LogP contribution is 2.35. The van der Waals surface area contributed by atoms with Crippen molar-refractivity contribution < 1.29 is 35.9 Å². The summed E-state index contributed by atoms with van der Waals surface area (Å²) >= 11 is 5.87. The van der Waals surface area contributed by atoms with Crippen LogP contribution >= 0.6 is 11.6 Å². The average Bonchev–Trinajstić information content (AvgIpc) is 2.65. The van der Waals surface area contributed by atoms with Crippen LogP contribution in [0.25, 0.3) is 0 Å². The van der Waals surface area contributed by atoms with Crippen molar-refractivity contribution in [2.24, 2.45) is 0 Å². The highest BCUT2D eigenvalue weighted by molar-refractivity contribution is 7.92. The second-order valence-electron chi connectivity index (χ2n) is 6.05. The molecule has 2 aromatic carbocycles. The molecular formula is C18H18ClF3N2O5S. The van der Waals surface area contributed by atoms with E-state index in [-0.39, 0.29) is 22.1 Å². The molecule has 0 saturated carbocycles. The van der Waals surface area contributed by atoms with E-state index in [0.29, 0.717) is 11.8 Å². The van der Waals surface area contributed by atoms with Gasteiger partial charge in [0.1, 0.15) is 18.0 Å². The van der Waals surface area contributed by atoms with Crippen molar-refractivity contribution in [3.8, 4) is 11.5 Å². The SMILES string of the molecule is COc1ccc(N(CC(=O)Nc2cc(C(F)(F)F)ccc2Cl)S(C)(=O)=O)c(OC)c1. The van der Waals surface area contributed by atoms with Gasteiger partial charge >= 0.3 is 6.18 Å². The Labute approximate surface area is 176 Å². The standard InChI is InChI=1S/C18H18ClF3N2O5S/c1-28-12-5-7-15(16(9-12)29-2)24(30(3,26)27)10-17(25)23-14-8-11(18(20,21)22)4-6-13(14)19/h4-9H,10H2,1-3H3,(H,23,25). The monoisotopic (exact) mass is 466 g/mol. The Balaban J connectivity index is 2.35. The van der Waals surface area contributed by atoms with Gasteiger partial charge in [-0.25, -0.2) is 8.42 Å². The number of carbonyl (C=O) groups excluding carboxylic acids is 1. The van der Waals surface area contributed by atoms with E-state index in [4.69, 9.17) is 21.1 Å². The van der Waals surface area contributed by atoms with Crippen LogP contribution in [0.2, 0.25) is 5.02 Å². The first-order valence-electron chi connectivity index (χ1n) is 8.23. The van der Waals surface area contributed by atoms with Gasteiger partial charge in [-0.1, -0.05) is 11.6 Å². The molecule has 0 unspecified atom stereocenters. The van der Waals surface area contributed by atoms with Gasteiger partial charge in [-0.2, -0.15) is 13.2 Å². The van der Waals surface area contributed by atoms with Gasteiger partial charge < -0.3 is 14.8 Å². The van der Waals surface area contributed by atoms with Gasteiger partial charge in [0.05, 0.1) is 42.4 Å². The first kappa shape index (κ1) is 23.6. The van der Waals surface area contributed by atoms with Crippen LogP contribution in [0.5, 0.6) is 11.5 Å². The van der Waals surface area contributed by atoms with Crippen molar-refractivity contribution in [2.75, 3.05) is 36.6 Å². The minimum absolute atomic E-state index is 0.0473. The molecule has 30 heavy (non-hydrogen) atoms. The summed E-state index contributed by atoms with van der Waals surface area (Å²) in [6.45, 7) is -0.728. The van der Waals surface area contributed by atoms with Crippen LogP contribution in [0.3, 0.4) is 0 Å². The Morgan fingerprint density at radius 1 is 1.13 bits per heavy atom. The number of anilines is 2. The second-order valence-corrected chi connectivity index (χ2v) is 8.36. The van der Waals surface area contributed by atoms with Crippen LogP contribution in [-0.4, -0.2) is 41.3 Å². The topological polar surface area (TPSA) is 84.9 Å². The molecule has 0 aliphatic rings. The minimum atomic E-state index is -4.64. The Morgan fingerprint density at radius 3 is 2.33 bits per heavy atom. The molecule has 12 heteroatoms. The zero-order valence-electron chi connectivity index (χ0n) is 16.1. The number of methoxy groups -OCH3 is 2. The smallest absolute Gasteiger partial charge is 0.416 e. The van der Waals surface area contributed by atoms with Gasteiger partial charge in [0.25, 0.3) is 0 Å². The molecule has 1 N–H and O–H groups in total. The fraction of sp³-hybridized carbons (Fsp3) is 0.278. The largest absolute Gasteiger partial charge is 0.497 e. The summed E-state index contributed by atoms with van der Waals surface area (Å²) < 4.78 is 74.2. The lowest BCUT2D eigenvalue weighted by Crippen LogP contribution is -2.37. The van der Waals surface area contributed by atoms with E-state index in [2.05, 4.69) is 5.32 Å².